The van der Waals surface area contributed by atoms with Crippen molar-refractivity contribution in [2.24, 2.45) is 0 Å². The molecule has 0 atom stereocenters. The van der Waals surface area contributed by atoms with Crippen LogP contribution < -0.4 is 0 Å². The highest BCUT2D eigenvalue weighted by atomic mass is 16.3. The van der Waals surface area contributed by atoms with Gasteiger partial charge in [0.15, 0.2) is 0 Å². The van der Waals surface area contributed by atoms with E-state index in [1.54, 1.807) is 0 Å². The summed E-state index contributed by atoms with van der Waals surface area (Å²) in [6, 6.07) is 45.7. The Hall–Kier alpha value is -5.80. The zero-order chi connectivity index (χ0) is 29.5. The lowest BCUT2D eigenvalue weighted by Crippen LogP contribution is -1.94. The summed E-state index contributed by atoms with van der Waals surface area (Å²) in [5.74, 6) is 1.10. The van der Waals surface area contributed by atoms with Crippen LogP contribution in [-0.4, -0.2) is 4.57 Å². The fourth-order valence-electron chi connectivity index (χ4n) is 7.25. The molecule has 0 amide bonds. The smallest absolute Gasteiger partial charge is 0.135 e. The van der Waals surface area contributed by atoms with Gasteiger partial charge in [-0.05, 0) is 77.2 Å². The Morgan fingerprint density at radius 3 is 2.00 bits per heavy atom. The van der Waals surface area contributed by atoms with Crippen LogP contribution >= 0.6 is 0 Å². The summed E-state index contributed by atoms with van der Waals surface area (Å²) in [6.07, 6.45) is 6.48. The van der Waals surface area contributed by atoms with E-state index < -0.39 is 0 Å². The summed E-state index contributed by atoms with van der Waals surface area (Å²) in [5.41, 5.74) is 12.4. The van der Waals surface area contributed by atoms with Crippen LogP contribution in [0.5, 0.6) is 0 Å². The quantitative estimate of drug-likeness (QED) is 0.209. The molecule has 212 valence electrons. The minimum absolute atomic E-state index is 0.922. The highest BCUT2D eigenvalue weighted by Crippen LogP contribution is 2.39. The van der Waals surface area contributed by atoms with Crippen LogP contribution in [0, 0.1) is 0 Å². The van der Waals surface area contributed by atoms with E-state index in [1.807, 2.05) is 12.1 Å². The van der Waals surface area contributed by atoms with E-state index in [2.05, 4.69) is 132 Å². The van der Waals surface area contributed by atoms with E-state index in [1.165, 1.54) is 55.0 Å². The van der Waals surface area contributed by atoms with E-state index in [4.69, 9.17) is 8.83 Å². The van der Waals surface area contributed by atoms with Gasteiger partial charge in [-0.15, -0.1) is 0 Å². The number of benzene rings is 6. The Bertz CT molecular complexity index is 2630. The van der Waals surface area contributed by atoms with E-state index >= 15 is 0 Å². The standard InChI is InChI=1S/C42H27NO2/c1-4-10-37-31(7-1)34-25-42-36(33-9-3-6-12-40(33)45-42)24-38(34)43(37)30-20-17-27(18-21-30)26-13-15-28(16-14-26)29-19-22-41-35(23-29)32-8-2-5-11-39(32)44-41/h1-5,7-11,13-25H,6,12H2. The molecule has 0 bridgehead atoms. The summed E-state index contributed by atoms with van der Waals surface area (Å²) in [6.45, 7) is 0. The number of nitrogens with zero attached hydrogens (tertiary/aromatic N) is 1. The molecule has 0 aliphatic heterocycles. The Labute approximate surface area is 259 Å². The van der Waals surface area contributed by atoms with Crippen molar-refractivity contribution in [3.63, 3.8) is 0 Å². The molecular formula is C42H27NO2. The number of aromatic nitrogens is 1. The number of aryl methyl sites for hydroxylation is 1. The summed E-state index contributed by atoms with van der Waals surface area (Å²) in [7, 11) is 0. The third kappa shape index (κ3) is 3.71. The normalized spacial score (nSPS) is 13.1. The molecule has 0 saturated carbocycles. The topological polar surface area (TPSA) is 31.2 Å². The summed E-state index contributed by atoms with van der Waals surface area (Å²) >= 11 is 0. The second-order valence-corrected chi connectivity index (χ2v) is 12.0. The van der Waals surface area contributed by atoms with Crippen molar-refractivity contribution in [3.05, 3.63) is 145 Å². The van der Waals surface area contributed by atoms with Crippen LogP contribution in [0.25, 0.3) is 88.7 Å². The van der Waals surface area contributed by atoms with Gasteiger partial charge < -0.3 is 13.4 Å². The van der Waals surface area contributed by atoms with Gasteiger partial charge in [-0.2, -0.15) is 0 Å². The number of hydrogen-bond donors (Lipinski definition) is 0. The molecule has 0 radical (unpaired) electrons. The third-order valence-electron chi connectivity index (χ3n) is 9.47. The first-order valence-electron chi connectivity index (χ1n) is 15.6. The van der Waals surface area contributed by atoms with E-state index in [9.17, 15) is 0 Å². The van der Waals surface area contributed by atoms with Gasteiger partial charge in [-0.3, -0.25) is 0 Å². The van der Waals surface area contributed by atoms with Crippen LogP contribution in [-0.2, 0) is 6.42 Å². The number of furan rings is 2. The van der Waals surface area contributed by atoms with Crippen LogP contribution in [0.15, 0.2) is 142 Å². The first-order chi connectivity index (χ1) is 22.3. The summed E-state index contributed by atoms with van der Waals surface area (Å²) < 4.78 is 14.8. The average Bonchev–Trinajstić information content (AvgIpc) is 3.76. The summed E-state index contributed by atoms with van der Waals surface area (Å²) in [5, 5.41) is 5.95. The first-order valence-corrected chi connectivity index (χ1v) is 15.6. The van der Waals surface area contributed by atoms with Crippen molar-refractivity contribution in [1.29, 1.82) is 0 Å². The number of allylic oxidation sites excluding steroid dienone is 1. The van der Waals surface area contributed by atoms with Gasteiger partial charge in [-0.1, -0.05) is 91.0 Å². The molecule has 0 saturated heterocycles. The molecule has 3 heterocycles. The predicted molar refractivity (Wildman–Crippen MR) is 186 cm³/mol. The highest BCUT2D eigenvalue weighted by molar-refractivity contribution is 6.14. The fourth-order valence-corrected chi connectivity index (χ4v) is 7.25. The minimum atomic E-state index is 0.922. The molecule has 0 unspecified atom stereocenters. The highest BCUT2D eigenvalue weighted by Gasteiger charge is 2.19. The zero-order valence-electron chi connectivity index (χ0n) is 24.5. The van der Waals surface area contributed by atoms with Gasteiger partial charge in [0.05, 0.1) is 11.0 Å². The summed E-state index contributed by atoms with van der Waals surface area (Å²) in [4.78, 5) is 0. The first kappa shape index (κ1) is 24.6. The second kappa shape index (κ2) is 9.35. The molecule has 0 N–H and O–H groups in total. The van der Waals surface area contributed by atoms with E-state index in [0.29, 0.717) is 0 Å². The molecular weight excluding hydrogens is 550 g/mol. The number of fused-ring (bicyclic) bond motifs is 9. The molecule has 1 aliphatic rings. The van der Waals surface area contributed by atoms with Gasteiger partial charge in [-0.25, -0.2) is 0 Å². The molecule has 3 heteroatoms. The van der Waals surface area contributed by atoms with Crippen LogP contribution in [0.3, 0.4) is 0 Å². The lowest BCUT2D eigenvalue weighted by molar-refractivity contribution is 0.546. The molecule has 0 spiro atoms. The van der Waals surface area contributed by atoms with Gasteiger partial charge in [0, 0.05) is 44.6 Å². The molecule has 3 aromatic heterocycles. The van der Waals surface area contributed by atoms with Gasteiger partial charge in [0.2, 0.25) is 0 Å². The molecule has 45 heavy (non-hydrogen) atoms. The average molecular weight is 578 g/mol. The van der Waals surface area contributed by atoms with E-state index in [-0.39, 0.29) is 0 Å². The molecule has 10 rings (SSSR count). The maximum absolute atomic E-state index is 6.33. The maximum atomic E-state index is 6.33. The number of rotatable bonds is 3. The maximum Gasteiger partial charge on any atom is 0.135 e. The van der Waals surface area contributed by atoms with Crippen molar-refractivity contribution in [3.8, 4) is 27.9 Å². The Morgan fingerprint density at radius 1 is 0.467 bits per heavy atom. The van der Waals surface area contributed by atoms with Crippen LogP contribution in [0.1, 0.15) is 17.7 Å². The zero-order valence-corrected chi connectivity index (χ0v) is 24.5. The van der Waals surface area contributed by atoms with Gasteiger partial charge in [0.1, 0.15) is 22.5 Å². The number of hydrogen-bond acceptors (Lipinski definition) is 2. The van der Waals surface area contributed by atoms with Crippen molar-refractivity contribution in [2.45, 2.75) is 12.8 Å². The predicted octanol–water partition coefficient (Wildman–Crippen LogP) is 11.7. The SMILES string of the molecule is C1=Cc2c(oc3cc4c5ccccc5n(-c5ccc(-c6ccc(-c7ccc8oc9ccccc9c8c7)cc6)cc5)c4cc23)CC1. The van der Waals surface area contributed by atoms with Crippen LogP contribution in [0.4, 0.5) is 0 Å². The molecule has 9 aromatic rings. The molecule has 1 aliphatic carbocycles. The fraction of sp³-hybridized carbons (Fsp3) is 0.0476. The molecule has 0 fully saturated rings. The largest absolute Gasteiger partial charge is 0.460 e. The van der Waals surface area contributed by atoms with Crippen molar-refractivity contribution in [1.82, 2.24) is 4.57 Å². The monoisotopic (exact) mass is 577 g/mol. The number of para-hydroxylation sites is 2. The molecule has 6 aromatic carbocycles. The van der Waals surface area contributed by atoms with Crippen LogP contribution in [0.2, 0.25) is 0 Å². The van der Waals surface area contributed by atoms with E-state index in [0.717, 1.165) is 51.8 Å². The minimum Gasteiger partial charge on any atom is -0.460 e. The molecule has 3 nitrogen and oxygen atoms in total. The van der Waals surface area contributed by atoms with Gasteiger partial charge in [0.25, 0.3) is 0 Å². The van der Waals surface area contributed by atoms with Gasteiger partial charge >= 0.3 is 0 Å². The Kier molecular flexibility index (Phi) is 5.11. The lowest BCUT2D eigenvalue weighted by atomic mass is 9.99. The Balaban J connectivity index is 1.03. The lowest BCUT2D eigenvalue weighted by Gasteiger charge is -2.10. The third-order valence-corrected chi connectivity index (χ3v) is 9.47. The van der Waals surface area contributed by atoms with Crippen molar-refractivity contribution >= 4 is 60.8 Å². The van der Waals surface area contributed by atoms with Crippen molar-refractivity contribution < 1.29 is 8.83 Å². The Morgan fingerprint density at radius 2 is 1.16 bits per heavy atom. The van der Waals surface area contributed by atoms with Crippen molar-refractivity contribution in [2.75, 3.05) is 0 Å². The second-order valence-electron chi connectivity index (χ2n) is 12.0.